The molecule has 0 bridgehead atoms. The molecule has 5 nitrogen and oxygen atoms in total. The number of ether oxygens (including phenoxy) is 2. The predicted octanol–water partition coefficient (Wildman–Crippen LogP) is 2.84. The second-order valence-corrected chi connectivity index (χ2v) is 6.07. The monoisotopic (exact) mass is 351 g/mol. The van der Waals surface area contributed by atoms with Gasteiger partial charge in [0.1, 0.15) is 0 Å². The lowest BCUT2D eigenvalue weighted by Crippen LogP contribution is -2.26. The summed E-state index contributed by atoms with van der Waals surface area (Å²) in [4.78, 5) is 2.30. The number of nitrogens with one attached hydrogen (secondary N) is 1. The Morgan fingerprint density at radius 1 is 1.29 bits per heavy atom. The van der Waals surface area contributed by atoms with Gasteiger partial charge in [0, 0.05) is 36.3 Å². The molecule has 0 saturated heterocycles. The maximum atomic E-state index is 5.42. The summed E-state index contributed by atoms with van der Waals surface area (Å²) >= 11 is 3.54. The fraction of sp³-hybridized carbons (Fsp3) is 0.400. The molecule has 1 aromatic carbocycles. The minimum atomic E-state index is 0.697. The minimum Gasteiger partial charge on any atom is -0.493 e. The number of aromatic nitrogens is 2. The first-order chi connectivity index (χ1) is 10.1. The molecule has 21 heavy (non-hydrogen) atoms. The van der Waals surface area contributed by atoms with Crippen LogP contribution in [-0.2, 0) is 13.0 Å². The molecule has 112 valence electrons. The highest BCUT2D eigenvalue weighted by Gasteiger charge is 2.22. The quantitative estimate of drug-likeness (QED) is 0.923. The summed E-state index contributed by atoms with van der Waals surface area (Å²) < 4.78 is 11.6. The third-order valence-electron chi connectivity index (χ3n) is 3.83. The van der Waals surface area contributed by atoms with Gasteiger partial charge in [0.2, 0.25) is 0 Å². The van der Waals surface area contributed by atoms with Crippen LogP contribution in [-0.4, -0.2) is 42.9 Å². The Balaban J connectivity index is 2.09. The molecule has 0 fully saturated rings. The summed E-state index contributed by atoms with van der Waals surface area (Å²) in [6.45, 7) is 1.97. The highest BCUT2D eigenvalue weighted by Crippen LogP contribution is 2.40. The van der Waals surface area contributed by atoms with Crippen LogP contribution in [0.3, 0.4) is 0 Å². The van der Waals surface area contributed by atoms with Gasteiger partial charge >= 0.3 is 0 Å². The Morgan fingerprint density at radius 3 is 2.81 bits per heavy atom. The van der Waals surface area contributed by atoms with Crippen LogP contribution in [0.1, 0.15) is 11.3 Å². The third-order valence-corrected chi connectivity index (χ3v) is 4.42. The van der Waals surface area contributed by atoms with Crippen LogP contribution in [0.5, 0.6) is 11.5 Å². The predicted molar refractivity (Wildman–Crippen MR) is 84.9 cm³/mol. The van der Waals surface area contributed by atoms with Crippen molar-refractivity contribution in [1.82, 2.24) is 15.1 Å². The maximum Gasteiger partial charge on any atom is 0.174 e. The number of rotatable bonds is 3. The van der Waals surface area contributed by atoms with Crippen molar-refractivity contribution in [2.75, 3.05) is 27.8 Å². The number of benzene rings is 1. The molecule has 1 aliphatic heterocycles. The average molecular weight is 352 g/mol. The van der Waals surface area contributed by atoms with Crippen molar-refractivity contribution < 1.29 is 9.47 Å². The summed E-state index contributed by atoms with van der Waals surface area (Å²) in [6.07, 6.45) is 1.01. The zero-order valence-corrected chi connectivity index (χ0v) is 14.0. The number of likely N-dealkylation sites (N-methyl/N-ethyl adjacent to an activating group) is 1. The Bertz CT molecular complexity index is 669. The molecule has 1 N–H and O–H groups in total. The van der Waals surface area contributed by atoms with E-state index in [1.165, 1.54) is 11.3 Å². The van der Waals surface area contributed by atoms with E-state index in [0.717, 1.165) is 35.2 Å². The number of fused-ring (bicyclic) bond motifs is 1. The van der Waals surface area contributed by atoms with Crippen molar-refractivity contribution in [1.29, 1.82) is 0 Å². The van der Waals surface area contributed by atoms with E-state index in [1.54, 1.807) is 14.2 Å². The Hall–Kier alpha value is -1.53. The molecule has 0 unspecified atom stereocenters. The zero-order chi connectivity index (χ0) is 15.0. The smallest absolute Gasteiger partial charge is 0.174 e. The van der Waals surface area contributed by atoms with Crippen LogP contribution < -0.4 is 9.47 Å². The number of nitrogens with zero attached hydrogens (tertiary/aromatic N) is 2. The first kappa shape index (κ1) is 14.4. The van der Waals surface area contributed by atoms with Gasteiger partial charge < -0.3 is 14.4 Å². The molecule has 6 heteroatoms. The van der Waals surface area contributed by atoms with E-state index in [2.05, 4.69) is 38.1 Å². The van der Waals surface area contributed by atoms with Gasteiger partial charge in [-0.05, 0) is 35.1 Å². The van der Waals surface area contributed by atoms with Gasteiger partial charge in [0.25, 0.3) is 0 Å². The normalized spacial score (nSPS) is 14.9. The molecule has 1 aromatic heterocycles. The summed E-state index contributed by atoms with van der Waals surface area (Å²) in [5.74, 6) is 1.39. The Morgan fingerprint density at radius 2 is 2.10 bits per heavy atom. The summed E-state index contributed by atoms with van der Waals surface area (Å²) in [5, 5.41) is 7.67. The number of halogens is 1. The van der Waals surface area contributed by atoms with Crippen LogP contribution in [0, 0.1) is 0 Å². The highest BCUT2D eigenvalue weighted by molar-refractivity contribution is 9.10. The van der Waals surface area contributed by atoms with Crippen LogP contribution in [0.25, 0.3) is 11.3 Å². The van der Waals surface area contributed by atoms with E-state index in [-0.39, 0.29) is 0 Å². The first-order valence-electron chi connectivity index (χ1n) is 6.80. The number of hydrogen-bond acceptors (Lipinski definition) is 4. The molecule has 0 atom stereocenters. The summed E-state index contributed by atoms with van der Waals surface area (Å²) in [7, 11) is 5.40. The third kappa shape index (κ3) is 2.53. The van der Waals surface area contributed by atoms with E-state index >= 15 is 0 Å². The van der Waals surface area contributed by atoms with Crippen molar-refractivity contribution in [3.63, 3.8) is 0 Å². The number of H-pyrrole nitrogens is 1. The van der Waals surface area contributed by atoms with E-state index in [9.17, 15) is 0 Å². The van der Waals surface area contributed by atoms with E-state index in [4.69, 9.17) is 9.47 Å². The molecule has 0 amide bonds. The van der Waals surface area contributed by atoms with Crippen molar-refractivity contribution >= 4 is 15.9 Å². The molecule has 3 rings (SSSR count). The molecule has 0 saturated carbocycles. The fourth-order valence-electron chi connectivity index (χ4n) is 2.72. The van der Waals surface area contributed by atoms with Crippen molar-refractivity contribution in [2.45, 2.75) is 13.0 Å². The number of hydrogen-bond donors (Lipinski definition) is 1. The Kier molecular flexibility index (Phi) is 3.91. The van der Waals surface area contributed by atoms with Gasteiger partial charge in [-0.1, -0.05) is 0 Å². The van der Waals surface area contributed by atoms with Crippen LogP contribution in [0.2, 0.25) is 0 Å². The van der Waals surface area contributed by atoms with Crippen LogP contribution in [0.4, 0.5) is 0 Å². The zero-order valence-electron chi connectivity index (χ0n) is 12.4. The van der Waals surface area contributed by atoms with Crippen molar-refractivity contribution in [2.24, 2.45) is 0 Å². The van der Waals surface area contributed by atoms with Gasteiger partial charge in [0.05, 0.1) is 24.4 Å². The summed E-state index contributed by atoms with van der Waals surface area (Å²) in [6, 6.07) is 3.99. The molecular formula is C15H18BrN3O2. The second-order valence-electron chi connectivity index (χ2n) is 5.21. The van der Waals surface area contributed by atoms with Crippen LogP contribution >= 0.6 is 15.9 Å². The standard InChI is InChI=1S/C15H18BrN3O2/c1-19-5-4-12-10(8-19)14(18-17-12)9-6-11(16)15(21-3)13(7-9)20-2/h6-7H,4-5,8H2,1-3H3,(H,17,18). The van der Waals surface area contributed by atoms with Gasteiger partial charge in [-0.2, -0.15) is 5.10 Å². The van der Waals surface area contributed by atoms with Crippen LogP contribution in [0.15, 0.2) is 16.6 Å². The summed E-state index contributed by atoms with van der Waals surface area (Å²) in [5.41, 5.74) is 4.50. The lowest BCUT2D eigenvalue weighted by molar-refractivity contribution is 0.312. The average Bonchev–Trinajstić information content (AvgIpc) is 2.89. The lowest BCUT2D eigenvalue weighted by atomic mass is 10.0. The van der Waals surface area contributed by atoms with Crippen molar-refractivity contribution in [3.05, 3.63) is 27.9 Å². The highest BCUT2D eigenvalue weighted by atomic mass is 79.9. The molecule has 0 spiro atoms. The van der Waals surface area contributed by atoms with Crippen molar-refractivity contribution in [3.8, 4) is 22.8 Å². The van der Waals surface area contributed by atoms with Gasteiger partial charge in [-0.15, -0.1) is 0 Å². The number of methoxy groups -OCH3 is 2. The fourth-order valence-corrected chi connectivity index (χ4v) is 3.33. The second kappa shape index (κ2) is 5.69. The molecule has 0 aliphatic carbocycles. The molecule has 0 radical (unpaired) electrons. The molecule has 2 aromatic rings. The first-order valence-corrected chi connectivity index (χ1v) is 7.60. The molecule has 1 aliphatic rings. The van der Waals surface area contributed by atoms with Gasteiger partial charge in [0.15, 0.2) is 11.5 Å². The van der Waals surface area contributed by atoms with Gasteiger partial charge in [-0.25, -0.2) is 0 Å². The topological polar surface area (TPSA) is 50.4 Å². The molecular weight excluding hydrogens is 334 g/mol. The van der Waals surface area contributed by atoms with E-state index in [1.807, 2.05) is 12.1 Å². The largest absolute Gasteiger partial charge is 0.493 e. The van der Waals surface area contributed by atoms with E-state index in [0.29, 0.717) is 11.5 Å². The van der Waals surface area contributed by atoms with Gasteiger partial charge in [-0.3, -0.25) is 5.10 Å². The Labute approximate surface area is 132 Å². The number of aromatic amines is 1. The maximum absolute atomic E-state index is 5.42. The lowest BCUT2D eigenvalue weighted by Gasteiger charge is -2.22. The SMILES string of the molecule is COc1cc(-c2n[nH]c3c2CN(C)CC3)cc(Br)c1OC. The van der Waals surface area contributed by atoms with E-state index < -0.39 is 0 Å². The molecule has 2 heterocycles. The minimum absolute atomic E-state index is 0.697.